The van der Waals surface area contributed by atoms with Crippen LogP contribution in [0.15, 0.2) is 42.5 Å². The van der Waals surface area contributed by atoms with Crippen molar-refractivity contribution in [1.29, 1.82) is 0 Å². The van der Waals surface area contributed by atoms with E-state index in [1.807, 2.05) is 31.2 Å². The van der Waals surface area contributed by atoms with E-state index in [1.54, 1.807) is 0 Å². The second kappa shape index (κ2) is 4.92. The van der Waals surface area contributed by atoms with E-state index in [2.05, 4.69) is 0 Å². The fraction of sp³-hybridized carbons (Fsp3) is 0.133. The Hall–Kier alpha value is -2.29. The number of hydrogen-bond acceptors (Lipinski definition) is 3. The van der Waals surface area contributed by atoms with Crippen LogP contribution in [0.5, 0.6) is 11.5 Å². The van der Waals surface area contributed by atoms with E-state index in [4.69, 9.17) is 0 Å². The summed E-state index contributed by atoms with van der Waals surface area (Å²) in [5.74, 6) is -0.407. The number of hydrogen-bond donors (Lipinski definition) is 2. The Morgan fingerprint density at radius 2 is 1.83 bits per heavy atom. The minimum atomic E-state index is -0.186. The van der Waals surface area contributed by atoms with Crippen molar-refractivity contribution < 1.29 is 15.0 Å². The molecule has 18 heavy (non-hydrogen) atoms. The number of aryl methyl sites for hydroxylation is 1. The maximum absolute atomic E-state index is 12.1. The van der Waals surface area contributed by atoms with Gasteiger partial charge in [0.2, 0.25) is 0 Å². The summed E-state index contributed by atoms with van der Waals surface area (Å²) in [7, 11) is 0. The number of aromatic hydroxyl groups is 2. The molecular formula is C15H14O3. The van der Waals surface area contributed by atoms with Crippen LogP contribution in [-0.2, 0) is 6.42 Å². The summed E-state index contributed by atoms with van der Waals surface area (Å²) in [4.78, 5) is 12.1. The zero-order valence-corrected chi connectivity index (χ0v) is 10.1. The first-order valence-electron chi connectivity index (χ1n) is 5.67. The highest BCUT2D eigenvalue weighted by Gasteiger charge is 2.13. The lowest BCUT2D eigenvalue weighted by molar-refractivity contribution is 0.0990. The third-order valence-corrected chi connectivity index (χ3v) is 2.89. The van der Waals surface area contributed by atoms with Gasteiger partial charge in [0.25, 0.3) is 0 Å². The average Bonchev–Trinajstić information content (AvgIpc) is 2.32. The molecule has 0 fully saturated rings. The van der Waals surface area contributed by atoms with E-state index in [1.165, 1.54) is 18.2 Å². The van der Waals surface area contributed by atoms with Gasteiger partial charge in [-0.25, -0.2) is 0 Å². The lowest BCUT2D eigenvalue weighted by Gasteiger charge is -2.06. The molecule has 2 aromatic rings. The summed E-state index contributed by atoms with van der Waals surface area (Å²) < 4.78 is 0. The van der Waals surface area contributed by atoms with Crippen molar-refractivity contribution in [3.05, 3.63) is 59.2 Å². The quantitative estimate of drug-likeness (QED) is 0.814. The molecule has 92 valence electrons. The molecule has 2 aromatic carbocycles. The topological polar surface area (TPSA) is 57.5 Å². The zero-order chi connectivity index (χ0) is 13.1. The third kappa shape index (κ3) is 2.51. The van der Waals surface area contributed by atoms with E-state index < -0.39 is 0 Å². The molecule has 0 spiro atoms. The first-order valence-corrected chi connectivity index (χ1v) is 5.67. The smallest absolute Gasteiger partial charge is 0.170 e. The first kappa shape index (κ1) is 12.2. The van der Waals surface area contributed by atoms with Gasteiger partial charge < -0.3 is 10.2 Å². The Balaban J connectivity index is 2.25. The SMILES string of the molecule is Cc1ccccc1CC(=O)c1ccc(O)cc1O. The van der Waals surface area contributed by atoms with Gasteiger partial charge in [-0.2, -0.15) is 0 Å². The molecule has 0 saturated carbocycles. The van der Waals surface area contributed by atoms with Crippen molar-refractivity contribution in [1.82, 2.24) is 0 Å². The Morgan fingerprint density at radius 1 is 1.11 bits per heavy atom. The van der Waals surface area contributed by atoms with Gasteiger partial charge in [0, 0.05) is 12.5 Å². The standard InChI is InChI=1S/C15H14O3/c1-10-4-2-3-5-11(10)8-14(17)13-7-6-12(16)9-15(13)18/h2-7,9,16,18H,8H2,1H3. The Morgan fingerprint density at radius 3 is 2.50 bits per heavy atom. The van der Waals surface area contributed by atoms with Crippen molar-refractivity contribution in [2.24, 2.45) is 0 Å². The van der Waals surface area contributed by atoms with E-state index in [0.29, 0.717) is 0 Å². The number of Topliss-reactive ketones (excluding diaryl/α,β-unsaturated/α-hetero) is 1. The molecule has 0 amide bonds. The van der Waals surface area contributed by atoms with Gasteiger partial charge in [-0.3, -0.25) is 4.79 Å². The van der Waals surface area contributed by atoms with Gasteiger partial charge in [-0.15, -0.1) is 0 Å². The van der Waals surface area contributed by atoms with E-state index >= 15 is 0 Å². The summed E-state index contributed by atoms with van der Waals surface area (Å²) >= 11 is 0. The van der Waals surface area contributed by atoms with E-state index in [0.717, 1.165) is 11.1 Å². The molecule has 0 aliphatic heterocycles. The summed E-state index contributed by atoms with van der Waals surface area (Å²) in [6.45, 7) is 1.94. The maximum atomic E-state index is 12.1. The number of carbonyl (C=O) groups excluding carboxylic acids is 1. The fourth-order valence-corrected chi connectivity index (χ4v) is 1.83. The van der Waals surface area contributed by atoms with Crippen molar-refractivity contribution in [2.75, 3.05) is 0 Å². The van der Waals surface area contributed by atoms with Crippen molar-refractivity contribution in [2.45, 2.75) is 13.3 Å². The lowest BCUT2D eigenvalue weighted by atomic mass is 9.99. The van der Waals surface area contributed by atoms with E-state index in [-0.39, 0.29) is 29.3 Å². The lowest BCUT2D eigenvalue weighted by Crippen LogP contribution is -2.05. The van der Waals surface area contributed by atoms with Crippen LogP contribution in [0.3, 0.4) is 0 Å². The molecular weight excluding hydrogens is 228 g/mol. The number of benzene rings is 2. The number of phenolic OH excluding ortho intramolecular Hbond substituents is 2. The minimum absolute atomic E-state index is 0.0556. The highest BCUT2D eigenvalue weighted by molar-refractivity contribution is 6.00. The van der Waals surface area contributed by atoms with Crippen molar-refractivity contribution in [3.63, 3.8) is 0 Å². The molecule has 0 bridgehead atoms. The van der Waals surface area contributed by atoms with E-state index in [9.17, 15) is 15.0 Å². The average molecular weight is 242 g/mol. The largest absolute Gasteiger partial charge is 0.508 e. The van der Waals surface area contributed by atoms with Gasteiger partial charge >= 0.3 is 0 Å². The third-order valence-electron chi connectivity index (χ3n) is 2.89. The van der Waals surface area contributed by atoms with Crippen LogP contribution >= 0.6 is 0 Å². The molecule has 3 heteroatoms. The number of carbonyl (C=O) groups is 1. The summed E-state index contributed by atoms with van der Waals surface area (Å²) in [6.07, 6.45) is 0.241. The minimum Gasteiger partial charge on any atom is -0.508 e. The van der Waals surface area contributed by atoms with Gasteiger partial charge in [0.1, 0.15) is 11.5 Å². The van der Waals surface area contributed by atoms with Crippen LogP contribution in [-0.4, -0.2) is 16.0 Å². The first-order chi connectivity index (χ1) is 8.58. The number of rotatable bonds is 3. The van der Waals surface area contributed by atoms with Gasteiger partial charge in [0.15, 0.2) is 5.78 Å². The second-order valence-corrected chi connectivity index (χ2v) is 4.23. The van der Waals surface area contributed by atoms with Gasteiger partial charge in [0.05, 0.1) is 5.56 Å². The summed E-state index contributed by atoms with van der Waals surface area (Å²) in [6, 6.07) is 11.6. The molecule has 0 unspecified atom stereocenters. The molecule has 2 N–H and O–H groups in total. The highest BCUT2D eigenvalue weighted by Crippen LogP contribution is 2.24. The van der Waals surface area contributed by atoms with Crippen LogP contribution in [0.1, 0.15) is 21.5 Å². The molecule has 0 aliphatic rings. The molecule has 2 rings (SSSR count). The Labute approximate surface area is 105 Å². The Bertz CT molecular complexity index is 588. The van der Waals surface area contributed by atoms with Crippen molar-refractivity contribution in [3.8, 4) is 11.5 Å². The predicted octanol–water partition coefficient (Wildman–Crippen LogP) is 2.83. The molecule has 0 aromatic heterocycles. The van der Waals surface area contributed by atoms with Gasteiger partial charge in [-0.05, 0) is 30.2 Å². The summed E-state index contributed by atoms with van der Waals surface area (Å²) in [5.41, 5.74) is 2.22. The fourth-order valence-electron chi connectivity index (χ4n) is 1.83. The Kier molecular flexibility index (Phi) is 3.33. The number of ketones is 1. The molecule has 0 radical (unpaired) electrons. The molecule has 0 saturated heterocycles. The van der Waals surface area contributed by atoms with Crippen LogP contribution in [0, 0.1) is 6.92 Å². The van der Waals surface area contributed by atoms with Crippen molar-refractivity contribution >= 4 is 5.78 Å². The second-order valence-electron chi connectivity index (χ2n) is 4.23. The van der Waals surface area contributed by atoms with Crippen LogP contribution in [0.4, 0.5) is 0 Å². The monoisotopic (exact) mass is 242 g/mol. The highest BCUT2D eigenvalue weighted by atomic mass is 16.3. The van der Waals surface area contributed by atoms with Crippen LogP contribution < -0.4 is 0 Å². The van der Waals surface area contributed by atoms with Crippen LogP contribution in [0.25, 0.3) is 0 Å². The number of phenols is 2. The molecule has 0 atom stereocenters. The predicted molar refractivity (Wildman–Crippen MR) is 69.0 cm³/mol. The molecule has 3 nitrogen and oxygen atoms in total. The maximum Gasteiger partial charge on any atom is 0.170 e. The van der Waals surface area contributed by atoms with Gasteiger partial charge in [-0.1, -0.05) is 24.3 Å². The summed E-state index contributed by atoms with van der Waals surface area (Å²) in [5, 5.41) is 18.8. The molecule has 0 heterocycles. The molecule has 0 aliphatic carbocycles. The van der Waals surface area contributed by atoms with Crippen LogP contribution in [0.2, 0.25) is 0 Å². The normalized spacial score (nSPS) is 10.3. The zero-order valence-electron chi connectivity index (χ0n) is 10.1.